The number of benzene rings is 2. The molecule has 2 aromatic carbocycles. The molecular formula is C39H55FN6O4. The summed E-state index contributed by atoms with van der Waals surface area (Å²) in [6, 6.07) is 9.71. The van der Waals surface area contributed by atoms with Crippen LogP contribution in [0.2, 0.25) is 0 Å². The standard InChI is InChI=1S/C25H28N4O3.C12H21FN2O.C2H6/c1-15-6-5-9-28(12-15)23-20-13-29(14-21(20)26-25(27-23)32-3)24(31)19-11-18(30)10-17-8-4-7-16(2)22(17)19;1-9(16)14-11-4-3-5-15(8-11)7-10-6-12(10,2)13;1-2/h4,7-8,10-11,15,30H,5-6,9,12-14H2,1-3H3;10-11H,3-8H2,1-2H3,(H,14,16);1-2H3. The van der Waals surface area contributed by atoms with Gasteiger partial charge in [0.25, 0.3) is 5.91 Å². The lowest BCUT2D eigenvalue weighted by atomic mass is 9.98. The van der Waals surface area contributed by atoms with E-state index in [1.54, 1.807) is 38.0 Å². The Hall–Kier alpha value is -3.99. The van der Waals surface area contributed by atoms with Crippen molar-refractivity contribution in [1.29, 1.82) is 0 Å². The van der Waals surface area contributed by atoms with Gasteiger partial charge in [-0.05, 0) is 86.9 Å². The number of carbonyl (C=O) groups is 2. The van der Waals surface area contributed by atoms with Crippen molar-refractivity contribution in [3.8, 4) is 11.8 Å². The summed E-state index contributed by atoms with van der Waals surface area (Å²) in [5, 5.41) is 14.9. The average molecular weight is 691 g/mol. The molecule has 0 bridgehead atoms. The Morgan fingerprint density at radius 1 is 1.10 bits per heavy atom. The van der Waals surface area contributed by atoms with Gasteiger partial charge < -0.3 is 29.9 Å². The third kappa shape index (κ3) is 8.65. The minimum absolute atomic E-state index is 0.0357. The van der Waals surface area contributed by atoms with Crippen LogP contribution in [0.1, 0.15) is 93.9 Å². The van der Waals surface area contributed by atoms with E-state index < -0.39 is 5.67 Å². The van der Waals surface area contributed by atoms with E-state index >= 15 is 0 Å². The molecule has 3 aromatic rings. The maximum atomic E-state index is 13.6. The fourth-order valence-electron chi connectivity index (χ4n) is 7.65. The van der Waals surface area contributed by atoms with Crippen molar-refractivity contribution in [2.45, 2.75) is 98.4 Å². The maximum Gasteiger partial charge on any atom is 0.318 e. The Kier molecular flexibility index (Phi) is 11.9. The lowest BCUT2D eigenvalue weighted by Crippen LogP contribution is -2.47. The molecule has 1 saturated carbocycles. The molecule has 4 unspecified atom stereocenters. The second-order valence-corrected chi connectivity index (χ2v) is 14.5. The van der Waals surface area contributed by atoms with Gasteiger partial charge in [-0.2, -0.15) is 9.97 Å². The van der Waals surface area contributed by atoms with Crippen LogP contribution in [0.4, 0.5) is 10.2 Å². The van der Waals surface area contributed by atoms with Crippen molar-refractivity contribution in [3.05, 3.63) is 52.7 Å². The Bertz CT molecular complexity index is 1680. The van der Waals surface area contributed by atoms with Gasteiger partial charge in [0.15, 0.2) is 0 Å². The van der Waals surface area contributed by atoms with Crippen LogP contribution in [0.3, 0.4) is 0 Å². The molecule has 7 rings (SSSR count). The molecule has 0 spiro atoms. The molecule has 3 aliphatic heterocycles. The number of hydrogen-bond acceptors (Lipinski definition) is 8. The number of aryl methyl sites for hydroxylation is 1. The van der Waals surface area contributed by atoms with E-state index in [1.165, 1.54) is 6.42 Å². The van der Waals surface area contributed by atoms with Gasteiger partial charge >= 0.3 is 6.01 Å². The minimum atomic E-state index is -0.930. The van der Waals surface area contributed by atoms with Crippen molar-refractivity contribution in [2.24, 2.45) is 11.8 Å². The van der Waals surface area contributed by atoms with Gasteiger partial charge in [-0.3, -0.25) is 9.59 Å². The van der Waals surface area contributed by atoms with E-state index in [2.05, 4.69) is 32.0 Å². The van der Waals surface area contributed by atoms with Crippen LogP contribution < -0.4 is 15.0 Å². The van der Waals surface area contributed by atoms with Crippen molar-refractivity contribution < 1.29 is 23.8 Å². The number of phenols is 1. The zero-order valence-electron chi connectivity index (χ0n) is 30.9. The van der Waals surface area contributed by atoms with Gasteiger partial charge in [0.2, 0.25) is 5.91 Å². The number of methoxy groups -OCH3 is 1. The topological polar surface area (TPSA) is 111 Å². The highest BCUT2D eigenvalue weighted by molar-refractivity contribution is 6.09. The highest BCUT2D eigenvalue weighted by Gasteiger charge is 2.51. The molecule has 2 N–H and O–H groups in total. The number of aromatic hydroxyl groups is 1. The summed E-state index contributed by atoms with van der Waals surface area (Å²) in [7, 11) is 1.57. The van der Waals surface area contributed by atoms with Gasteiger partial charge in [-0.25, -0.2) is 4.39 Å². The summed E-state index contributed by atoms with van der Waals surface area (Å²) in [5.41, 5.74) is 2.42. The SMILES string of the molecule is CC.CC(=O)NC1CCCN(CC2CC2(C)F)C1.COc1nc2c(c(N3CCCC(C)C3)n1)CN(C(=O)c1cc(O)cc3cccc(C)c13)C2. The Morgan fingerprint density at radius 3 is 2.52 bits per heavy atom. The number of aromatic nitrogens is 2. The second-order valence-electron chi connectivity index (χ2n) is 14.5. The summed E-state index contributed by atoms with van der Waals surface area (Å²) < 4.78 is 18.8. The number of rotatable bonds is 6. The van der Waals surface area contributed by atoms with Gasteiger partial charge in [0, 0.05) is 50.6 Å². The molecule has 4 atom stereocenters. The molecule has 50 heavy (non-hydrogen) atoms. The monoisotopic (exact) mass is 690 g/mol. The number of nitrogens with zero attached hydrogens (tertiary/aromatic N) is 5. The molecule has 1 aliphatic carbocycles. The Balaban J connectivity index is 0.000000227. The predicted molar refractivity (Wildman–Crippen MR) is 195 cm³/mol. The first-order chi connectivity index (χ1) is 23.9. The van der Waals surface area contributed by atoms with E-state index in [4.69, 9.17) is 4.74 Å². The first-order valence-electron chi connectivity index (χ1n) is 18.3. The van der Waals surface area contributed by atoms with Crippen molar-refractivity contribution in [1.82, 2.24) is 25.1 Å². The summed E-state index contributed by atoms with van der Waals surface area (Å²) >= 11 is 0. The molecular weight excluding hydrogens is 635 g/mol. The summed E-state index contributed by atoms with van der Waals surface area (Å²) in [4.78, 5) is 40.2. The maximum absolute atomic E-state index is 13.6. The van der Waals surface area contributed by atoms with Gasteiger partial charge in [0.05, 0.1) is 31.5 Å². The number of halogens is 1. The highest BCUT2D eigenvalue weighted by atomic mass is 19.1. The Morgan fingerprint density at radius 2 is 1.84 bits per heavy atom. The van der Waals surface area contributed by atoms with E-state index in [1.807, 2.05) is 39.0 Å². The third-order valence-electron chi connectivity index (χ3n) is 10.3. The van der Waals surface area contributed by atoms with E-state index in [-0.39, 0.29) is 29.5 Å². The molecule has 4 aliphatic rings. The number of fused-ring (bicyclic) bond motifs is 2. The molecule has 272 valence electrons. The molecule has 10 nitrogen and oxygen atoms in total. The molecule has 11 heteroatoms. The lowest BCUT2D eigenvalue weighted by Gasteiger charge is -2.33. The first kappa shape index (κ1) is 37.3. The van der Waals surface area contributed by atoms with Crippen LogP contribution in [0.15, 0.2) is 30.3 Å². The second kappa shape index (κ2) is 15.9. The number of nitrogens with one attached hydrogen (secondary N) is 1. The number of amides is 2. The van der Waals surface area contributed by atoms with Crippen molar-refractivity contribution >= 4 is 28.4 Å². The number of anilines is 1. The van der Waals surface area contributed by atoms with Gasteiger partial charge in [0.1, 0.15) is 17.2 Å². The number of phenolic OH excluding ortho intramolecular Hbond substituents is 1. The molecule has 1 aromatic heterocycles. The quantitative estimate of drug-likeness (QED) is 0.306. The third-order valence-corrected chi connectivity index (χ3v) is 10.3. The molecule has 2 saturated heterocycles. The first-order valence-corrected chi connectivity index (χ1v) is 18.3. The molecule has 0 radical (unpaired) electrons. The number of carbonyl (C=O) groups excluding carboxylic acids is 2. The van der Waals surface area contributed by atoms with Crippen LogP contribution in [-0.2, 0) is 17.9 Å². The lowest BCUT2D eigenvalue weighted by molar-refractivity contribution is -0.120. The highest BCUT2D eigenvalue weighted by Crippen LogP contribution is 2.47. The summed E-state index contributed by atoms with van der Waals surface area (Å²) in [6.45, 7) is 17.0. The minimum Gasteiger partial charge on any atom is -0.508 e. The fourth-order valence-corrected chi connectivity index (χ4v) is 7.65. The fraction of sp³-hybridized carbons (Fsp3) is 0.590. The van der Waals surface area contributed by atoms with E-state index in [0.29, 0.717) is 37.0 Å². The molecule has 4 heterocycles. The zero-order valence-corrected chi connectivity index (χ0v) is 30.9. The van der Waals surface area contributed by atoms with Gasteiger partial charge in [-0.15, -0.1) is 0 Å². The van der Waals surface area contributed by atoms with Crippen LogP contribution in [-0.4, -0.2) is 88.2 Å². The summed E-state index contributed by atoms with van der Waals surface area (Å²) in [6.07, 6.45) is 5.19. The number of likely N-dealkylation sites (tertiary alicyclic amines) is 1. The van der Waals surface area contributed by atoms with E-state index in [0.717, 1.165) is 85.4 Å². The predicted octanol–water partition coefficient (Wildman–Crippen LogP) is 6.41. The van der Waals surface area contributed by atoms with Crippen molar-refractivity contribution in [3.63, 3.8) is 0 Å². The zero-order chi connectivity index (χ0) is 36.2. The number of ether oxygens (including phenoxy) is 1. The number of alkyl halides is 1. The van der Waals surface area contributed by atoms with Crippen LogP contribution in [0, 0.1) is 18.8 Å². The average Bonchev–Trinajstić information content (AvgIpc) is 3.46. The number of hydrogen-bond donors (Lipinski definition) is 2. The molecule has 3 fully saturated rings. The van der Waals surface area contributed by atoms with Crippen LogP contribution >= 0.6 is 0 Å². The molecule has 2 amide bonds. The number of piperidine rings is 2. The van der Waals surface area contributed by atoms with Crippen LogP contribution in [0.25, 0.3) is 10.8 Å². The smallest absolute Gasteiger partial charge is 0.318 e. The van der Waals surface area contributed by atoms with E-state index in [9.17, 15) is 19.1 Å². The van der Waals surface area contributed by atoms with Crippen LogP contribution in [0.5, 0.6) is 11.8 Å². The Labute approximate surface area is 296 Å². The normalized spacial score (nSPS) is 24.4. The largest absolute Gasteiger partial charge is 0.508 e. The van der Waals surface area contributed by atoms with Crippen molar-refractivity contribution in [2.75, 3.05) is 44.7 Å². The van der Waals surface area contributed by atoms with Gasteiger partial charge in [-0.1, -0.05) is 39.0 Å². The summed E-state index contributed by atoms with van der Waals surface area (Å²) in [5.74, 6) is 1.70.